The van der Waals surface area contributed by atoms with E-state index in [4.69, 9.17) is 8.84 Å². The van der Waals surface area contributed by atoms with Gasteiger partial charge in [-0.3, -0.25) is 0 Å². The molecule has 1 saturated carbocycles. The molecule has 2 atom stereocenters. The maximum atomic E-state index is 6.51. The van der Waals surface area contributed by atoms with Crippen molar-refractivity contribution in [3.05, 3.63) is 29.0 Å². The van der Waals surface area contributed by atoms with Gasteiger partial charge < -0.3 is 8.84 Å². The number of furan rings is 1. The molecule has 0 N–H and O–H groups in total. The summed E-state index contributed by atoms with van der Waals surface area (Å²) in [5, 5.41) is 0.182. The van der Waals surface area contributed by atoms with Crippen molar-refractivity contribution in [2.45, 2.75) is 84.9 Å². The molecular formula is C21H34O2Si. The van der Waals surface area contributed by atoms with Gasteiger partial charge in [-0.15, -0.1) is 0 Å². The summed E-state index contributed by atoms with van der Waals surface area (Å²) >= 11 is 0. The molecule has 24 heavy (non-hydrogen) atoms. The summed E-state index contributed by atoms with van der Waals surface area (Å²) in [6.07, 6.45) is 5.87. The highest BCUT2D eigenvalue weighted by Crippen LogP contribution is 2.53. The minimum absolute atomic E-state index is 0.182. The van der Waals surface area contributed by atoms with E-state index in [1.807, 2.05) is 0 Å². The third-order valence-corrected chi connectivity index (χ3v) is 11.3. The normalized spacial score (nSPS) is 27.6. The molecular weight excluding hydrogens is 312 g/mol. The number of fused-ring (bicyclic) bond motifs is 2. The summed E-state index contributed by atoms with van der Waals surface area (Å²) in [7, 11) is -1.87. The maximum Gasteiger partial charge on any atom is 0.274 e. The Balaban J connectivity index is 1.94. The number of rotatable bonds is 2. The third-order valence-electron chi connectivity index (χ3n) is 7.02. The number of allylic oxidation sites excluding steroid dienone is 1. The topological polar surface area (TPSA) is 22.4 Å². The molecule has 0 radical (unpaired) electrons. The molecule has 1 aromatic rings. The highest BCUT2D eigenvalue weighted by molar-refractivity contribution is 6.74. The Morgan fingerprint density at radius 1 is 1.29 bits per heavy atom. The van der Waals surface area contributed by atoms with Crippen molar-refractivity contribution in [3.8, 4) is 5.95 Å². The lowest BCUT2D eigenvalue weighted by Crippen LogP contribution is -2.43. The molecule has 0 saturated heterocycles. The van der Waals surface area contributed by atoms with Crippen LogP contribution in [0.1, 0.15) is 63.8 Å². The first-order chi connectivity index (χ1) is 10.9. The largest absolute Gasteiger partial charge is 0.518 e. The zero-order valence-electron chi connectivity index (χ0n) is 16.6. The van der Waals surface area contributed by atoms with Gasteiger partial charge in [0.1, 0.15) is 5.76 Å². The quantitative estimate of drug-likeness (QED) is 0.454. The molecule has 1 heterocycles. The Bertz CT molecular complexity index is 662. The van der Waals surface area contributed by atoms with E-state index >= 15 is 0 Å². The first-order valence-electron chi connectivity index (χ1n) is 9.42. The van der Waals surface area contributed by atoms with Crippen LogP contribution in [-0.4, -0.2) is 8.32 Å². The Morgan fingerprint density at radius 3 is 2.58 bits per heavy atom. The van der Waals surface area contributed by atoms with Gasteiger partial charge in [-0.05, 0) is 62.1 Å². The van der Waals surface area contributed by atoms with Gasteiger partial charge in [0.25, 0.3) is 14.3 Å². The van der Waals surface area contributed by atoms with Crippen molar-refractivity contribution < 1.29 is 8.84 Å². The van der Waals surface area contributed by atoms with Gasteiger partial charge in [-0.2, -0.15) is 0 Å². The van der Waals surface area contributed by atoms with Crippen LogP contribution in [0.5, 0.6) is 5.95 Å². The minimum Gasteiger partial charge on any atom is -0.518 e. The average molecular weight is 347 g/mol. The molecule has 3 rings (SSSR count). The van der Waals surface area contributed by atoms with Gasteiger partial charge in [-0.1, -0.05) is 39.8 Å². The van der Waals surface area contributed by atoms with Crippen LogP contribution in [0, 0.1) is 18.3 Å². The smallest absolute Gasteiger partial charge is 0.274 e. The van der Waals surface area contributed by atoms with Crippen LogP contribution in [0.4, 0.5) is 0 Å². The first-order valence-corrected chi connectivity index (χ1v) is 12.3. The van der Waals surface area contributed by atoms with E-state index in [0.29, 0.717) is 11.3 Å². The van der Waals surface area contributed by atoms with Crippen LogP contribution in [0.25, 0.3) is 0 Å². The fourth-order valence-electron chi connectivity index (χ4n) is 4.21. The molecule has 1 aromatic heterocycles. The molecule has 2 nitrogen and oxygen atoms in total. The average Bonchev–Trinajstić information content (AvgIpc) is 2.70. The van der Waals surface area contributed by atoms with Crippen molar-refractivity contribution >= 4 is 8.32 Å². The molecule has 0 bridgehead atoms. The number of hydrogen-bond acceptors (Lipinski definition) is 2. The molecule has 2 aliphatic rings. The molecule has 0 aromatic carbocycles. The molecule has 134 valence electrons. The Hall–Kier alpha value is -0.963. The zero-order valence-corrected chi connectivity index (χ0v) is 17.6. The number of hydrogen-bond donors (Lipinski definition) is 0. The molecule has 0 amide bonds. The lowest BCUT2D eigenvalue weighted by Gasteiger charge is -2.45. The van der Waals surface area contributed by atoms with E-state index in [9.17, 15) is 0 Å². The lowest BCUT2D eigenvalue weighted by atomic mass is 9.59. The van der Waals surface area contributed by atoms with Crippen molar-refractivity contribution in [1.82, 2.24) is 0 Å². The molecule has 0 aliphatic heterocycles. The van der Waals surface area contributed by atoms with Gasteiger partial charge in [0.05, 0.1) is 0 Å². The zero-order chi connectivity index (χ0) is 17.9. The summed E-state index contributed by atoms with van der Waals surface area (Å²) in [6, 6.07) is 0. The standard InChI is InChI=1S/C21H34O2Si/c1-14-10-9-11-21(6)13-18-16(12-17(14)21)15(2)19(22-18)23-24(7,8)20(3,4)5/h17H,1,9-13H2,2-8H3/t17-,21+/m1/s1. The maximum absolute atomic E-state index is 6.51. The van der Waals surface area contributed by atoms with E-state index in [0.717, 1.165) is 18.8 Å². The lowest BCUT2D eigenvalue weighted by molar-refractivity contribution is 0.136. The first kappa shape index (κ1) is 17.8. The van der Waals surface area contributed by atoms with Crippen LogP contribution in [-0.2, 0) is 12.8 Å². The van der Waals surface area contributed by atoms with Crippen LogP contribution in [0.3, 0.4) is 0 Å². The fourth-order valence-corrected chi connectivity index (χ4v) is 5.17. The van der Waals surface area contributed by atoms with Crippen LogP contribution >= 0.6 is 0 Å². The molecule has 1 fully saturated rings. The van der Waals surface area contributed by atoms with Crippen molar-refractivity contribution in [2.75, 3.05) is 0 Å². The summed E-state index contributed by atoms with van der Waals surface area (Å²) in [4.78, 5) is 0. The monoisotopic (exact) mass is 346 g/mol. The minimum atomic E-state index is -1.87. The predicted molar refractivity (Wildman–Crippen MR) is 103 cm³/mol. The second kappa shape index (κ2) is 5.52. The van der Waals surface area contributed by atoms with Crippen molar-refractivity contribution in [1.29, 1.82) is 0 Å². The SMILES string of the molecule is C=C1CCC[C@@]2(C)Cc3oc(O[Si](C)(C)C(C)(C)C)c(C)c3C[C@H]12. The molecule has 0 unspecified atom stereocenters. The van der Waals surface area contributed by atoms with Crippen LogP contribution in [0.15, 0.2) is 16.6 Å². The van der Waals surface area contributed by atoms with E-state index in [1.54, 1.807) is 0 Å². The van der Waals surface area contributed by atoms with Crippen LogP contribution in [0.2, 0.25) is 18.1 Å². The summed E-state index contributed by atoms with van der Waals surface area (Å²) in [5.74, 6) is 2.57. The van der Waals surface area contributed by atoms with Crippen molar-refractivity contribution in [2.24, 2.45) is 11.3 Å². The van der Waals surface area contributed by atoms with Crippen molar-refractivity contribution in [3.63, 3.8) is 0 Å². The summed E-state index contributed by atoms with van der Waals surface area (Å²) in [5.41, 5.74) is 4.40. The van der Waals surface area contributed by atoms with Gasteiger partial charge in [0.15, 0.2) is 0 Å². The van der Waals surface area contributed by atoms with Gasteiger partial charge in [0.2, 0.25) is 0 Å². The Kier molecular flexibility index (Phi) is 4.10. The fraction of sp³-hybridized carbons (Fsp3) is 0.714. The second-order valence-corrected chi connectivity index (χ2v) is 14.6. The third kappa shape index (κ3) is 2.79. The highest BCUT2D eigenvalue weighted by Gasteiger charge is 2.46. The molecule has 2 aliphatic carbocycles. The highest BCUT2D eigenvalue weighted by atomic mass is 28.4. The van der Waals surface area contributed by atoms with E-state index in [-0.39, 0.29) is 5.04 Å². The van der Waals surface area contributed by atoms with Gasteiger partial charge in [0, 0.05) is 17.5 Å². The van der Waals surface area contributed by atoms with Crippen LogP contribution < -0.4 is 4.43 Å². The van der Waals surface area contributed by atoms with E-state index in [1.165, 1.54) is 41.7 Å². The molecule has 3 heteroatoms. The second-order valence-electron chi connectivity index (χ2n) is 9.88. The summed E-state index contributed by atoms with van der Waals surface area (Å²) < 4.78 is 12.8. The van der Waals surface area contributed by atoms with Gasteiger partial charge >= 0.3 is 0 Å². The Morgan fingerprint density at radius 2 is 1.96 bits per heavy atom. The predicted octanol–water partition coefficient (Wildman–Crippen LogP) is 6.43. The van der Waals surface area contributed by atoms with E-state index in [2.05, 4.69) is 54.3 Å². The van der Waals surface area contributed by atoms with E-state index < -0.39 is 8.32 Å². The van der Waals surface area contributed by atoms with Gasteiger partial charge in [-0.25, -0.2) is 0 Å². The Labute approximate surface area is 148 Å². The molecule has 0 spiro atoms. The summed E-state index contributed by atoms with van der Waals surface area (Å²) in [6.45, 7) is 20.4.